The average Bonchev–Trinajstić information content (AvgIpc) is 2.25. The number of hydrogen-bond donors (Lipinski definition) is 1. The number of halogens is 2. The van der Waals surface area contributed by atoms with Gasteiger partial charge in [-0.1, -0.05) is 0 Å². The molecular formula is C10H8Br2N4. The topological polar surface area (TPSA) is 50.7 Å². The average molecular weight is 344 g/mol. The molecule has 0 bridgehead atoms. The van der Waals surface area contributed by atoms with Gasteiger partial charge in [-0.05, 0) is 56.5 Å². The molecule has 0 saturated carbocycles. The Morgan fingerprint density at radius 1 is 1.06 bits per heavy atom. The summed E-state index contributed by atoms with van der Waals surface area (Å²) in [7, 11) is 0. The van der Waals surface area contributed by atoms with Crippen LogP contribution in [0.4, 0.5) is 11.6 Å². The normalized spacial score (nSPS) is 10.2. The summed E-state index contributed by atoms with van der Waals surface area (Å²) in [4.78, 5) is 11.8. The molecule has 1 heterocycles. The predicted molar refractivity (Wildman–Crippen MR) is 69.7 cm³/mol. The van der Waals surface area contributed by atoms with E-state index < -0.39 is 0 Å². The van der Waals surface area contributed by atoms with Gasteiger partial charge < -0.3 is 5.32 Å². The molecule has 0 aliphatic carbocycles. The van der Waals surface area contributed by atoms with Crippen LogP contribution in [0.15, 0.2) is 33.7 Å². The minimum absolute atomic E-state index is 0.514. The molecule has 1 aromatic carbocycles. The zero-order valence-corrected chi connectivity index (χ0v) is 11.6. The quantitative estimate of drug-likeness (QED) is 0.907. The van der Waals surface area contributed by atoms with Gasteiger partial charge in [-0.2, -0.15) is 0 Å². The van der Waals surface area contributed by atoms with Crippen molar-refractivity contribution in [3.8, 4) is 0 Å². The van der Waals surface area contributed by atoms with E-state index in [4.69, 9.17) is 0 Å². The largest absolute Gasteiger partial charge is 0.322 e. The Balaban J connectivity index is 2.35. The van der Waals surface area contributed by atoms with Crippen LogP contribution >= 0.6 is 31.9 Å². The zero-order valence-electron chi connectivity index (χ0n) is 8.41. The number of aromatic nitrogens is 3. The van der Waals surface area contributed by atoms with Crippen molar-refractivity contribution in [2.75, 3.05) is 5.32 Å². The van der Waals surface area contributed by atoms with E-state index in [9.17, 15) is 0 Å². The molecule has 82 valence electrons. The summed E-state index contributed by atoms with van der Waals surface area (Å²) >= 11 is 6.98. The highest BCUT2D eigenvalue weighted by atomic mass is 79.9. The van der Waals surface area contributed by atoms with Gasteiger partial charge in [0.25, 0.3) is 0 Å². The fraction of sp³-hybridized carbons (Fsp3) is 0.100. The Morgan fingerprint density at radius 2 is 1.62 bits per heavy atom. The van der Waals surface area contributed by atoms with Crippen molar-refractivity contribution in [1.29, 1.82) is 0 Å². The molecule has 1 N–H and O–H groups in total. The summed E-state index contributed by atoms with van der Waals surface area (Å²) < 4.78 is 1.92. The number of aryl methyl sites for hydroxylation is 1. The van der Waals surface area contributed by atoms with Crippen LogP contribution in [-0.4, -0.2) is 15.0 Å². The van der Waals surface area contributed by atoms with Gasteiger partial charge in [-0.3, -0.25) is 0 Å². The highest BCUT2D eigenvalue weighted by Gasteiger charge is 2.07. The van der Waals surface area contributed by atoms with Crippen molar-refractivity contribution in [3.05, 3.63) is 39.3 Å². The third-order valence-electron chi connectivity index (χ3n) is 1.92. The maximum Gasteiger partial charge on any atom is 0.230 e. The summed E-state index contributed by atoms with van der Waals surface area (Å²) in [5.41, 5.74) is 2.07. The Bertz CT molecular complexity index is 478. The molecule has 0 spiro atoms. The minimum Gasteiger partial charge on any atom is -0.322 e. The highest BCUT2D eigenvalue weighted by Crippen LogP contribution is 2.33. The van der Waals surface area contributed by atoms with Crippen molar-refractivity contribution in [3.63, 3.8) is 0 Å². The summed E-state index contributed by atoms with van der Waals surface area (Å²) in [6, 6.07) is 4.04. The van der Waals surface area contributed by atoms with E-state index in [2.05, 4.69) is 52.1 Å². The third kappa shape index (κ3) is 2.56. The molecule has 6 heteroatoms. The lowest BCUT2D eigenvalue weighted by atomic mass is 10.2. The van der Waals surface area contributed by atoms with Crippen LogP contribution < -0.4 is 5.32 Å². The maximum atomic E-state index is 4.00. The van der Waals surface area contributed by atoms with E-state index in [1.54, 1.807) is 0 Å². The molecule has 1 aromatic heterocycles. The number of nitrogens with zero attached hydrogens (tertiary/aromatic N) is 3. The Labute approximate surface area is 110 Å². The second-order valence-electron chi connectivity index (χ2n) is 3.19. The summed E-state index contributed by atoms with van der Waals surface area (Å²) in [6.45, 7) is 2.03. The van der Waals surface area contributed by atoms with Gasteiger partial charge in [0.1, 0.15) is 12.7 Å². The van der Waals surface area contributed by atoms with Crippen molar-refractivity contribution in [2.24, 2.45) is 0 Å². The minimum atomic E-state index is 0.514. The Hall–Kier alpha value is -1.01. The van der Waals surface area contributed by atoms with Crippen LogP contribution in [0.2, 0.25) is 0 Å². The standard InChI is InChI=1S/C10H8Br2N4/c1-6-2-7(11)9(8(12)3-6)16-10-14-4-13-5-15-10/h2-5H,1H3,(H,13,14,15,16). The first-order valence-corrected chi connectivity index (χ1v) is 6.10. The van der Waals surface area contributed by atoms with Crippen LogP contribution in [0.1, 0.15) is 5.56 Å². The first-order chi connectivity index (χ1) is 7.66. The lowest BCUT2D eigenvalue weighted by Crippen LogP contribution is -1.98. The van der Waals surface area contributed by atoms with Gasteiger partial charge in [0, 0.05) is 8.95 Å². The molecule has 0 aliphatic rings. The second kappa shape index (κ2) is 4.88. The molecule has 0 amide bonds. The van der Waals surface area contributed by atoms with Crippen molar-refractivity contribution in [1.82, 2.24) is 15.0 Å². The van der Waals surface area contributed by atoms with E-state index in [0.29, 0.717) is 5.95 Å². The third-order valence-corrected chi connectivity index (χ3v) is 3.17. The maximum absolute atomic E-state index is 4.00. The smallest absolute Gasteiger partial charge is 0.230 e. The first-order valence-electron chi connectivity index (χ1n) is 4.51. The molecule has 0 saturated heterocycles. The number of nitrogens with one attached hydrogen (secondary N) is 1. The van der Waals surface area contributed by atoms with Crippen molar-refractivity contribution >= 4 is 43.5 Å². The number of anilines is 2. The highest BCUT2D eigenvalue weighted by molar-refractivity contribution is 9.11. The monoisotopic (exact) mass is 342 g/mol. The second-order valence-corrected chi connectivity index (χ2v) is 4.90. The van der Waals surface area contributed by atoms with Crippen LogP contribution in [0.3, 0.4) is 0 Å². The van der Waals surface area contributed by atoms with E-state index in [1.807, 2.05) is 19.1 Å². The lowest BCUT2D eigenvalue weighted by molar-refractivity contribution is 1.05. The molecule has 2 rings (SSSR count). The number of rotatable bonds is 2. The molecule has 16 heavy (non-hydrogen) atoms. The Kier molecular flexibility index (Phi) is 3.50. The molecule has 0 fully saturated rings. The molecular weight excluding hydrogens is 336 g/mol. The fourth-order valence-electron chi connectivity index (χ4n) is 1.23. The SMILES string of the molecule is Cc1cc(Br)c(Nc2ncncn2)c(Br)c1. The first kappa shape index (κ1) is 11.5. The molecule has 4 nitrogen and oxygen atoms in total. The van der Waals surface area contributed by atoms with Crippen LogP contribution in [-0.2, 0) is 0 Å². The molecule has 0 atom stereocenters. The summed E-state index contributed by atoms with van der Waals surface area (Å²) in [5, 5.41) is 3.11. The van der Waals surface area contributed by atoms with Gasteiger partial charge in [0.05, 0.1) is 5.69 Å². The van der Waals surface area contributed by atoms with E-state index in [0.717, 1.165) is 14.6 Å². The van der Waals surface area contributed by atoms with Crippen LogP contribution in [0, 0.1) is 6.92 Å². The molecule has 2 aromatic rings. The van der Waals surface area contributed by atoms with Gasteiger partial charge in [-0.15, -0.1) is 0 Å². The molecule has 0 radical (unpaired) electrons. The summed E-state index contributed by atoms with van der Waals surface area (Å²) in [6.07, 6.45) is 2.90. The van der Waals surface area contributed by atoms with E-state index in [-0.39, 0.29) is 0 Å². The van der Waals surface area contributed by atoms with E-state index in [1.165, 1.54) is 18.2 Å². The fourth-order valence-corrected chi connectivity index (χ4v) is 2.85. The summed E-state index contributed by atoms with van der Waals surface area (Å²) in [5.74, 6) is 0.514. The lowest BCUT2D eigenvalue weighted by Gasteiger charge is -2.09. The van der Waals surface area contributed by atoms with Gasteiger partial charge in [0.15, 0.2) is 0 Å². The zero-order chi connectivity index (χ0) is 11.5. The van der Waals surface area contributed by atoms with Crippen LogP contribution in [0.5, 0.6) is 0 Å². The van der Waals surface area contributed by atoms with E-state index >= 15 is 0 Å². The van der Waals surface area contributed by atoms with Crippen molar-refractivity contribution in [2.45, 2.75) is 6.92 Å². The molecule has 0 aliphatic heterocycles. The predicted octanol–water partition coefficient (Wildman–Crippen LogP) is 3.45. The number of hydrogen-bond acceptors (Lipinski definition) is 4. The van der Waals surface area contributed by atoms with Gasteiger partial charge in [0.2, 0.25) is 5.95 Å². The Morgan fingerprint density at radius 3 is 2.19 bits per heavy atom. The van der Waals surface area contributed by atoms with Gasteiger partial charge in [-0.25, -0.2) is 15.0 Å². The van der Waals surface area contributed by atoms with Gasteiger partial charge >= 0.3 is 0 Å². The number of benzene rings is 1. The molecule has 0 unspecified atom stereocenters. The van der Waals surface area contributed by atoms with Crippen molar-refractivity contribution < 1.29 is 0 Å². The van der Waals surface area contributed by atoms with Crippen LogP contribution in [0.25, 0.3) is 0 Å².